The van der Waals surface area contributed by atoms with Crippen molar-refractivity contribution in [2.24, 2.45) is 0 Å². The normalized spacial score (nSPS) is 21.0. The van der Waals surface area contributed by atoms with Crippen LogP contribution in [0.15, 0.2) is 48.5 Å². The fourth-order valence-electron chi connectivity index (χ4n) is 6.99. The molecule has 0 amide bonds. The van der Waals surface area contributed by atoms with Gasteiger partial charge in [-0.25, -0.2) is 0 Å². The number of benzene rings is 2. The van der Waals surface area contributed by atoms with E-state index in [-0.39, 0.29) is 74.2 Å². The predicted octanol–water partition coefficient (Wildman–Crippen LogP) is 1.49. The monoisotopic (exact) mass is 1150 g/mol. The van der Waals surface area contributed by atoms with Crippen molar-refractivity contribution in [2.75, 3.05) is 40.7 Å². The Bertz CT molecular complexity index is 3140. The summed E-state index contributed by atoms with van der Waals surface area (Å²) in [6.45, 7) is 2.05. The average molecular weight is 1150 g/mol. The first-order valence-corrected chi connectivity index (χ1v) is 30.5. The van der Waals surface area contributed by atoms with Crippen LogP contribution in [-0.4, -0.2) is 162 Å². The molecule has 6 atom stereocenters. The lowest BCUT2D eigenvalue weighted by atomic mass is 10.0. The largest absolute Gasteiger partial charge is 0.293 e. The minimum atomic E-state index is -4.78. The molecular formula is C42H51FO24S6. The number of hydrogen-bond acceptors (Lipinski definition) is 23. The maximum atomic E-state index is 12.5. The molecule has 24 nitrogen and oxygen atoms in total. The van der Waals surface area contributed by atoms with E-state index < -0.39 is 140 Å². The van der Waals surface area contributed by atoms with E-state index in [1.54, 1.807) is 13.8 Å². The maximum absolute atomic E-state index is 12.5. The van der Waals surface area contributed by atoms with E-state index in [9.17, 15) is 83.7 Å². The molecule has 2 aromatic carbocycles. The Hall–Kier alpha value is -4.59. The molecule has 0 spiro atoms. The summed E-state index contributed by atoms with van der Waals surface area (Å²) in [7, 11) is -22.9. The van der Waals surface area contributed by atoms with Crippen LogP contribution in [0.2, 0.25) is 0 Å². The molecule has 2 aromatic rings. The molecule has 0 aromatic heterocycles. The van der Waals surface area contributed by atoms with Gasteiger partial charge in [-0.05, 0) is 43.9 Å². The summed E-state index contributed by atoms with van der Waals surface area (Å²) in [6, 6.07) is 9.82. The van der Waals surface area contributed by atoms with Gasteiger partial charge in [-0.1, -0.05) is 75.2 Å². The first kappa shape index (κ1) is 62.7. The van der Waals surface area contributed by atoms with Gasteiger partial charge in [-0.2, -0.15) is 50.5 Å². The van der Waals surface area contributed by atoms with Crippen molar-refractivity contribution in [2.45, 2.75) is 96.7 Å². The van der Waals surface area contributed by atoms with E-state index in [1.165, 1.54) is 36.4 Å². The number of rotatable bonds is 21. The molecule has 3 fully saturated rings. The number of carbonyl (C=O) groups excluding carboxylic acids is 6. The Morgan fingerprint density at radius 1 is 0.575 bits per heavy atom. The number of halogens is 1. The molecule has 73 heavy (non-hydrogen) atoms. The van der Waals surface area contributed by atoms with E-state index >= 15 is 0 Å². The van der Waals surface area contributed by atoms with Gasteiger partial charge in [0.2, 0.25) is 11.6 Å². The minimum Gasteiger partial charge on any atom is -0.293 e. The summed E-state index contributed by atoms with van der Waals surface area (Å²) in [5.41, 5.74) is 0.0658. The molecule has 3 aliphatic rings. The lowest BCUT2D eigenvalue weighted by Gasteiger charge is -2.14. The zero-order valence-electron chi connectivity index (χ0n) is 39.2. The lowest BCUT2D eigenvalue weighted by Crippen LogP contribution is -2.31. The summed E-state index contributed by atoms with van der Waals surface area (Å²) in [5, 5.41) is -8.79. The molecule has 3 saturated heterocycles. The molecule has 0 radical (unpaired) electrons. The highest BCUT2D eigenvalue weighted by molar-refractivity contribution is 7.89. The van der Waals surface area contributed by atoms with Gasteiger partial charge in [-0.3, -0.25) is 58.6 Å². The van der Waals surface area contributed by atoms with Gasteiger partial charge in [0.15, 0.2) is 49.4 Å². The van der Waals surface area contributed by atoms with Crippen LogP contribution >= 0.6 is 0 Å². The summed E-state index contributed by atoms with van der Waals surface area (Å²) in [6.07, 6.45) is 0.301. The van der Waals surface area contributed by atoms with E-state index in [0.717, 1.165) is 26.4 Å². The molecule has 0 aliphatic carbocycles. The van der Waals surface area contributed by atoms with Gasteiger partial charge in [-0.15, -0.1) is 0 Å². The van der Waals surface area contributed by atoms with Crippen LogP contribution in [0.5, 0.6) is 0 Å². The Labute approximate surface area is 422 Å². The fraction of sp³-hybridized carbons (Fsp3) is 0.524. The first-order chi connectivity index (χ1) is 33.9. The highest BCUT2D eigenvalue weighted by Gasteiger charge is 2.42. The maximum Gasteiger partial charge on any atom is 0.278 e. The topological polar surface area (TPSA) is 374 Å². The summed E-state index contributed by atoms with van der Waals surface area (Å²) in [5.74, 6) is -1.16. The Morgan fingerprint density at radius 3 is 1.25 bits per heavy atom. The van der Waals surface area contributed by atoms with Crippen molar-refractivity contribution >= 4 is 95.4 Å². The molecule has 0 bridgehead atoms. The second-order valence-corrected chi connectivity index (χ2v) is 26.5. The van der Waals surface area contributed by atoms with Crippen molar-refractivity contribution in [3.05, 3.63) is 70.8 Å². The second kappa shape index (κ2) is 26.3. The molecule has 6 unspecified atom stereocenters. The van der Waals surface area contributed by atoms with Crippen LogP contribution in [0.25, 0.3) is 0 Å². The number of ketones is 6. The van der Waals surface area contributed by atoms with Gasteiger partial charge < -0.3 is 0 Å². The van der Waals surface area contributed by atoms with Crippen LogP contribution in [0, 0.1) is 11.8 Å². The van der Waals surface area contributed by atoms with Crippen molar-refractivity contribution in [3.63, 3.8) is 0 Å². The summed E-state index contributed by atoms with van der Waals surface area (Å²) >= 11 is 0. The zero-order valence-corrected chi connectivity index (χ0v) is 44.1. The van der Waals surface area contributed by atoms with E-state index in [4.69, 9.17) is 4.55 Å². The van der Waals surface area contributed by atoms with Crippen LogP contribution in [0.4, 0.5) is 4.39 Å². The molecule has 3 heterocycles. The predicted molar refractivity (Wildman–Crippen MR) is 253 cm³/mol. The van der Waals surface area contributed by atoms with Gasteiger partial charge in [0.05, 0.1) is 40.7 Å². The molecule has 1 N–H and O–H groups in total. The quantitative estimate of drug-likeness (QED) is 0.0608. The van der Waals surface area contributed by atoms with Crippen molar-refractivity contribution in [3.8, 4) is 11.8 Å². The molecule has 5 rings (SSSR count). The Morgan fingerprint density at radius 2 is 0.918 bits per heavy atom. The van der Waals surface area contributed by atoms with E-state index in [1.807, 2.05) is 11.8 Å². The number of alkyl halides is 1. The van der Waals surface area contributed by atoms with E-state index in [2.05, 4.69) is 20.9 Å². The average Bonchev–Trinajstić information content (AvgIpc) is 4.02. The van der Waals surface area contributed by atoms with Crippen molar-refractivity contribution in [1.82, 2.24) is 0 Å². The van der Waals surface area contributed by atoms with Gasteiger partial charge in [0, 0.05) is 28.7 Å². The standard InChI is InChI=1S/C16H20O8S2.C14H15FO8S2.C12H16O8S2/c1-3-4-13(25(19,20)23-2)15(17)11-5-7-12(8-6-11)16(18)14-9-10-24-26(14,21)22;15-7-5-11(24(18,19)20)13(16)9-1-3-10(4-2-9)14(17)12-6-8-23-25(12,21)22;1-3-4-11(21(15,16)19-2)9(13)5-6-10(14)12-7-8-20-22(12,17)18/h5-8,13-14H,3-4,9-10H2,1-2H3;1-4,11-12H,5-8H2,(H,18,19,20);11-12H,3-4,7-8H2,1-2H3. The smallest absolute Gasteiger partial charge is 0.278 e. The van der Waals surface area contributed by atoms with Crippen LogP contribution < -0.4 is 0 Å². The van der Waals surface area contributed by atoms with Crippen LogP contribution in [0.3, 0.4) is 0 Å². The van der Waals surface area contributed by atoms with Gasteiger partial charge in [0.25, 0.3) is 60.7 Å². The van der Waals surface area contributed by atoms with Gasteiger partial charge in [0.1, 0.15) is 5.25 Å². The van der Waals surface area contributed by atoms with Crippen molar-refractivity contribution in [1.29, 1.82) is 0 Å². The number of Topliss-reactive ketones (excluding diaryl/α,β-unsaturated/α-hetero) is 6. The molecule has 0 saturated carbocycles. The third kappa shape index (κ3) is 16.5. The Balaban J connectivity index is 0.000000290. The van der Waals surface area contributed by atoms with Gasteiger partial charge >= 0.3 is 0 Å². The molecular weight excluding hydrogens is 1100 g/mol. The minimum absolute atomic E-state index is 0.00419. The first-order valence-electron chi connectivity index (χ1n) is 21.6. The molecule has 31 heteroatoms. The fourth-order valence-corrected chi connectivity index (χ4v) is 13.8. The number of hydrogen-bond donors (Lipinski definition) is 1. The summed E-state index contributed by atoms with van der Waals surface area (Å²) in [4.78, 5) is 72.7. The third-order valence-electron chi connectivity index (χ3n) is 10.9. The third-order valence-corrected chi connectivity index (χ3v) is 20.2. The SMILES string of the molecule is CCCC(C(=O)C#CC(=O)C1CCOS1(=O)=O)S(=O)(=O)OC.CCCC(C(=O)c1ccc(C(=O)C2CCOS2(=O)=O)cc1)S(=O)(=O)OC.O=C(c1ccc(C(=O)C2CCOS2(=O)=O)cc1)C(CCF)S(=O)(=O)O. The molecule has 406 valence electrons. The zero-order chi connectivity index (χ0) is 55.3. The van der Waals surface area contributed by atoms with Crippen molar-refractivity contribution < 1.29 is 109 Å². The van der Waals surface area contributed by atoms with E-state index in [0.29, 0.717) is 12.8 Å². The molecule has 3 aliphatic heterocycles. The number of carbonyl (C=O) groups is 6. The highest BCUT2D eigenvalue weighted by atomic mass is 32.2. The van der Waals surface area contributed by atoms with Crippen LogP contribution in [0.1, 0.15) is 107 Å². The second-order valence-electron chi connectivity index (χ2n) is 15.7. The van der Waals surface area contributed by atoms with Crippen LogP contribution in [-0.2, 0) is 91.2 Å². The summed E-state index contributed by atoms with van der Waals surface area (Å²) < 4.78 is 183. The lowest BCUT2D eigenvalue weighted by molar-refractivity contribution is -0.115. The Kier molecular flexibility index (Phi) is 22.6. The highest BCUT2D eigenvalue weighted by Crippen LogP contribution is 2.25.